The molecule has 1 unspecified atom stereocenters. The molecule has 1 aliphatic heterocycles. The monoisotopic (exact) mass is 351 g/mol. The number of carbonyl (C=O) groups is 1. The maximum atomic E-state index is 12.1. The van der Waals surface area contributed by atoms with Crippen molar-refractivity contribution >= 4 is 29.1 Å². The van der Waals surface area contributed by atoms with Crippen LogP contribution in [0.25, 0.3) is 0 Å². The minimum absolute atomic E-state index is 0.0101. The van der Waals surface area contributed by atoms with Crippen molar-refractivity contribution in [2.75, 3.05) is 0 Å². The van der Waals surface area contributed by atoms with Crippen molar-refractivity contribution in [1.82, 2.24) is 5.32 Å². The van der Waals surface area contributed by atoms with Crippen molar-refractivity contribution < 1.29 is 4.79 Å². The SMILES string of the molecule is CC(C)c1ccc(/C=N/N=C2/NC(=O)C(Cc3ccccc3)S2)cc1. The fraction of sp³-hybridized carbons (Fsp3) is 0.250. The van der Waals surface area contributed by atoms with Crippen molar-refractivity contribution in [3.05, 3.63) is 71.3 Å². The molecule has 2 aromatic carbocycles. The van der Waals surface area contributed by atoms with Gasteiger partial charge in [0.1, 0.15) is 0 Å². The largest absolute Gasteiger partial charge is 0.303 e. The molecule has 5 heteroatoms. The summed E-state index contributed by atoms with van der Waals surface area (Å²) in [5, 5.41) is 11.4. The molecule has 0 radical (unpaired) electrons. The number of nitrogens with one attached hydrogen (secondary N) is 1. The highest BCUT2D eigenvalue weighted by atomic mass is 32.2. The molecule has 3 rings (SSSR count). The van der Waals surface area contributed by atoms with Crippen molar-refractivity contribution in [1.29, 1.82) is 0 Å². The molecule has 0 aromatic heterocycles. The minimum Gasteiger partial charge on any atom is -0.303 e. The van der Waals surface area contributed by atoms with Gasteiger partial charge in [0.25, 0.3) is 0 Å². The number of benzene rings is 2. The summed E-state index contributed by atoms with van der Waals surface area (Å²) in [7, 11) is 0. The van der Waals surface area contributed by atoms with Crippen LogP contribution in [0.5, 0.6) is 0 Å². The van der Waals surface area contributed by atoms with Gasteiger partial charge in [-0.25, -0.2) is 0 Å². The van der Waals surface area contributed by atoms with Crippen LogP contribution in [0.4, 0.5) is 0 Å². The summed E-state index contributed by atoms with van der Waals surface area (Å²) < 4.78 is 0. The van der Waals surface area contributed by atoms with Crippen LogP contribution in [-0.2, 0) is 11.2 Å². The number of hydrogen-bond donors (Lipinski definition) is 1. The van der Waals surface area contributed by atoms with Crippen LogP contribution in [0.3, 0.4) is 0 Å². The molecule has 25 heavy (non-hydrogen) atoms. The van der Waals surface area contributed by atoms with Gasteiger partial charge in [0.05, 0.1) is 11.5 Å². The lowest BCUT2D eigenvalue weighted by Crippen LogP contribution is -2.25. The average molecular weight is 351 g/mol. The number of thioether (sulfide) groups is 1. The molecule has 1 saturated heterocycles. The summed E-state index contributed by atoms with van der Waals surface area (Å²) in [4.78, 5) is 12.1. The summed E-state index contributed by atoms with van der Waals surface area (Å²) in [6.07, 6.45) is 2.39. The molecule has 0 aliphatic carbocycles. The normalized spacial score (nSPS) is 19.1. The molecule has 4 nitrogen and oxygen atoms in total. The van der Waals surface area contributed by atoms with E-state index in [0.29, 0.717) is 17.5 Å². The molecule has 2 aromatic rings. The Kier molecular flexibility index (Phi) is 5.66. The molecule has 1 N–H and O–H groups in total. The molecule has 0 spiro atoms. The highest BCUT2D eigenvalue weighted by Gasteiger charge is 2.30. The number of hydrogen-bond acceptors (Lipinski definition) is 4. The van der Waals surface area contributed by atoms with E-state index in [1.54, 1.807) is 6.21 Å². The van der Waals surface area contributed by atoms with Crippen LogP contribution in [-0.4, -0.2) is 22.5 Å². The van der Waals surface area contributed by atoms with Gasteiger partial charge in [-0.15, -0.1) is 5.10 Å². The lowest BCUT2D eigenvalue weighted by atomic mass is 10.0. The fourth-order valence-electron chi connectivity index (χ4n) is 2.53. The molecule has 0 saturated carbocycles. The second kappa shape index (κ2) is 8.12. The Bertz CT molecular complexity index is 782. The fourth-order valence-corrected chi connectivity index (χ4v) is 3.49. The molecule has 128 valence electrons. The van der Waals surface area contributed by atoms with Crippen LogP contribution in [0, 0.1) is 0 Å². The van der Waals surface area contributed by atoms with E-state index < -0.39 is 0 Å². The van der Waals surface area contributed by atoms with E-state index in [-0.39, 0.29) is 11.2 Å². The Hall–Kier alpha value is -2.40. The van der Waals surface area contributed by atoms with Crippen LogP contribution in [0.1, 0.15) is 36.5 Å². The van der Waals surface area contributed by atoms with E-state index in [1.807, 2.05) is 42.5 Å². The predicted molar refractivity (Wildman–Crippen MR) is 105 cm³/mol. The summed E-state index contributed by atoms with van der Waals surface area (Å²) in [6, 6.07) is 18.2. The van der Waals surface area contributed by atoms with Gasteiger partial charge in [0.2, 0.25) is 5.91 Å². The Morgan fingerprint density at radius 2 is 1.84 bits per heavy atom. The number of nitrogens with zero attached hydrogens (tertiary/aromatic N) is 2. The van der Waals surface area contributed by atoms with Gasteiger partial charge in [-0.05, 0) is 29.0 Å². The maximum Gasteiger partial charge on any atom is 0.239 e. The topological polar surface area (TPSA) is 53.8 Å². The first-order chi connectivity index (χ1) is 12.1. The number of carbonyl (C=O) groups excluding carboxylic acids is 1. The van der Waals surface area contributed by atoms with Crippen molar-refractivity contribution in [3.63, 3.8) is 0 Å². The summed E-state index contributed by atoms with van der Waals surface area (Å²) in [5.41, 5.74) is 3.43. The van der Waals surface area contributed by atoms with Gasteiger partial charge in [-0.1, -0.05) is 80.2 Å². The average Bonchev–Trinajstić information content (AvgIpc) is 2.96. The molecule has 1 heterocycles. The van der Waals surface area contributed by atoms with Crippen molar-refractivity contribution in [2.45, 2.75) is 31.4 Å². The van der Waals surface area contributed by atoms with Gasteiger partial charge >= 0.3 is 0 Å². The van der Waals surface area contributed by atoms with Crippen molar-refractivity contribution in [2.24, 2.45) is 10.2 Å². The van der Waals surface area contributed by atoms with E-state index in [1.165, 1.54) is 17.3 Å². The van der Waals surface area contributed by atoms with E-state index in [9.17, 15) is 4.79 Å². The molecule has 1 aliphatic rings. The maximum absolute atomic E-state index is 12.1. The van der Waals surface area contributed by atoms with Crippen LogP contribution >= 0.6 is 11.8 Å². The van der Waals surface area contributed by atoms with Crippen LogP contribution < -0.4 is 5.32 Å². The quantitative estimate of drug-likeness (QED) is 0.654. The van der Waals surface area contributed by atoms with Gasteiger partial charge in [-0.3, -0.25) is 4.79 Å². The van der Waals surface area contributed by atoms with E-state index in [0.717, 1.165) is 11.1 Å². The van der Waals surface area contributed by atoms with E-state index in [2.05, 4.69) is 41.5 Å². The zero-order valence-electron chi connectivity index (χ0n) is 14.3. The third-order valence-corrected chi connectivity index (χ3v) is 5.07. The second-order valence-corrected chi connectivity index (χ2v) is 7.45. The summed E-state index contributed by atoms with van der Waals surface area (Å²) >= 11 is 1.43. The number of amides is 1. The predicted octanol–water partition coefficient (Wildman–Crippen LogP) is 3.97. The summed E-state index contributed by atoms with van der Waals surface area (Å²) in [6.45, 7) is 4.34. The zero-order chi connectivity index (χ0) is 17.6. The third kappa shape index (κ3) is 4.79. The first-order valence-electron chi connectivity index (χ1n) is 8.34. The standard InChI is InChI=1S/C20H21N3OS/c1-14(2)17-10-8-16(9-11-17)13-21-23-20-22-19(24)18(25-20)12-15-6-4-3-5-7-15/h3-11,13-14,18H,12H2,1-2H3,(H,22,23,24)/b21-13+. The first kappa shape index (κ1) is 17.4. The molecule has 1 fully saturated rings. The second-order valence-electron chi connectivity index (χ2n) is 6.26. The van der Waals surface area contributed by atoms with E-state index in [4.69, 9.17) is 0 Å². The molecular formula is C20H21N3OS. The molecule has 1 amide bonds. The smallest absolute Gasteiger partial charge is 0.239 e. The van der Waals surface area contributed by atoms with Gasteiger partial charge in [-0.2, -0.15) is 5.10 Å². The third-order valence-electron chi connectivity index (χ3n) is 4.00. The Morgan fingerprint density at radius 3 is 2.52 bits per heavy atom. The number of rotatable bonds is 5. The number of amidine groups is 1. The van der Waals surface area contributed by atoms with Gasteiger partial charge < -0.3 is 5.32 Å². The Balaban J connectivity index is 1.59. The molecule has 0 bridgehead atoms. The zero-order valence-corrected chi connectivity index (χ0v) is 15.2. The Labute approximate surface area is 152 Å². The lowest BCUT2D eigenvalue weighted by Gasteiger charge is -2.04. The van der Waals surface area contributed by atoms with Gasteiger partial charge in [0.15, 0.2) is 5.17 Å². The first-order valence-corrected chi connectivity index (χ1v) is 9.22. The lowest BCUT2D eigenvalue weighted by molar-refractivity contribution is -0.118. The molecular weight excluding hydrogens is 330 g/mol. The Morgan fingerprint density at radius 1 is 1.12 bits per heavy atom. The molecule has 1 atom stereocenters. The van der Waals surface area contributed by atoms with Crippen LogP contribution in [0.2, 0.25) is 0 Å². The highest BCUT2D eigenvalue weighted by molar-refractivity contribution is 8.15. The van der Waals surface area contributed by atoms with Crippen LogP contribution in [0.15, 0.2) is 64.8 Å². The summed E-state index contributed by atoms with van der Waals surface area (Å²) in [5.74, 6) is 0.502. The minimum atomic E-state index is -0.151. The van der Waals surface area contributed by atoms with Crippen molar-refractivity contribution in [3.8, 4) is 0 Å². The highest BCUT2D eigenvalue weighted by Crippen LogP contribution is 2.23. The van der Waals surface area contributed by atoms with Gasteiger partial charge in [0, 0.05) is 0 Å². The van der Waals surface area contributed by atoms with E-state index >= 15 is 0 Å².